The second kappa shape index (κ2) is 6.33. The molecular formula is C12H14O3S. The molecule has 0 aliphatic carbocycles. The quantitative estimate of drug-likeness (QED) is 0.597. The van der Waals surface area contributed by atoms with Crippen molar-refractivity contribution in [2.75, 3.05) is 12.4 Å². The fourth-order valence-electron chi connectivity index (χ4n) is 1.11. The number of carbonyl (C=O) groups is 2. The lowest BCUT2D eigenvalue weighted by Crippen LogP contribution is -2.06. The maximum atomic E-state index is 11.6. The number of hydrogen-bond acceptors (Lipinski definition) is 4. The molecule has 0 bridgehead atoms. The summed E-state index contributed by atoms with van der Waals surface area (Å²) in [4.78, 5) is 22.7. The Morgan fingerprint density at radius 2 is 1.88 bits per heavy atom. The number of benzene rings is 1. The Labute approximate surface area is 99.2 Å². The van der Waals surface area contributed by atoms with Gasteiger partial charge >= 0.3 is 5.30 Å². The van der Waals surface area contributed by atoms with Gasteiger partial charge in [-0.1, -0.05) is 29.8 Å². The summed E-state index contributed by atoms with van der Waals surface area (Å²) in [5.74, 6) is 0.0695. The third-order valence-electron chi connectivity index (χ3n) is 1.96. The van der Waals surface area contributed by atoms with Gasteiger partial charge in [0.15, 0.2) is 5.78 Å². The number of ketones is 1. The monoisotopic (exact) mass is 238 g/mol. The molecule has 0 saturated carbocycles. The second-order valence-corrected chi connectivity index (χ2v) is 4.17. The number of thioether (sulfide) groups is 1. The van der Waals surface area contributed by atoms with E-state index in [1.165, 1.54) is 0 Å². The average molecular weight is 238 g/mol. The molecule has 1 aromatic rings. The van der Waals surface area contributed by atoms with Crippen molar-refractivity contribution in [3.8, 4) is 0 Å². The Morgan fingerprint density at radius 1 is 1.25 bits per heavy atom. The van der Waals surface area contributed by atoms with Crippen molar-refractivity contribution >= 4 is 22.8 Å². The van der Waals surface area contributed by atoms with E-state index in [9.17, 15) is 9.59 Å². The number of ether oxygens (including phenoxy) is 1. The van der Waals surface area contributed by atoms with Crippen molar-refractivity contribution < 1.29 is 14.3 Å². The first kappa shape index (κ1) is 12.8. The number of Topliss-reactive ketones (excluding diaryl/α,β-unsaturated/α-hetero) is 1. The van der Waals surface area contributed by atoms with E-state index in [2.05, 4.69) is 0 Å². The van der Waals surface area contributed by atoms with E-state index in [1.54, 1.807) is 19.1 Å². The van der Waals surface area contributed by atoms with Crippen LogP contribution in [0.5, 0.6) is 0 Å². The van der Waals surface area contributed by atoms with Gasteiger partial charge in [0.25, 0.3) is 0 Å². The van der Waals surface area contributed by atoms with Crippen LogP contribution in [0.3, 0.4) is 0 Å². The fraction of sp³-hybridized carbons (Fsp3) is 0.333. The highest BCUT2D eigenvalue weighted by molar-refractivity contribution is 8.13. The number of carbonyl (C=O) groups excluding carboxylic acids is 2. The zero-order chi connectivity index (χ0) is 12.0. The summed E-state index contributed by atoms with van der Waals surface area (Å²) >= 11 is 0.897. The molecule has 0 atom stereocenters. The molecule has 1 aromatic carbocycles. The molecule has 0 fully saturated rings. The lowest BCUT2D eigenvalue weighted by atomic mass is 10.1. The van der Waals surface area contributed by atoms with Crippen LogP contribution in [0.2, 0.25) is 0 Å². The lowest BCUT2D eigenvalue weighted by Gasteiger charge is -2.01. The van der Waals surface area contributed by atoms with Crippen LogP contribution in [0.15, 0.2) is 24.3 Å². The maximum Gasteiger partial charge on any atom is 0.367 e. The highest BCUT2D eigenvalue weighted by Gasteiger charge is 2.09. The zero-order valence-corrected chi connectivity index (χ0v) is 10.2. The molecule has 4 heteroatoms. The first-order valence-electron chi connectivity index (χ1n) is 5.03. The molecule has 0 spiro atoms. The van der Waals surface area contributed by atoms with Crippen LogP contribution in [-0.2, 0) is 4.74 Å². The molecule has 0 heterocycles. The smallest absolute Gasteiger partial charge is 0.367 e. The minimum atomic E-state index is -0.400. The Hall–Kier alpha value is -1.29. The van der Waals surface area contributed by atoms with Crippen LogP contribution in [0.25, 0.3) is 0 Å². The number of aryl methyl sites for hydroxylation is 1. The Kier molecular flexibility index (Phi) is 5.05. The molecule has 0 radical (unpaired) electrons. The van der Waals surface area contributed by atoms with Crippen LogP contribution in [0, 0.1) is 6.92 Å². The van der Waals surface area contributed by atoms with Crippen LogP contribution >= 0.6 is 11.8 Å². The van der Waals surface area contributed by atoms with E-state index in [-0.39, 0.29) is 11.5 Å². The van der Waals surface area contributed by atoms with Crippen molar-refractivity contribution in [1.82, 2.24) is 0 Å². The first-order valence-corrected chi connectivity index (χ1v) is 6.01. The SMILES string of the molecule is CCOC(=O)SCC(=O)c1ccc(C)cc1. The van der Waals surface area contributed by atoms with Gasteiger partial charge in [-0.3, -0.25) is 4.79 Å². The van der Waals surface area contributed by atoms with Gasteiger partial charge in [0.1, 0.15) is 0 Å². The summed E-state index contributed by atoms with van der Waals surface area (Å²) in [6.07, 6.45) is 0. The van der Waals surface area contributed by atoms with Crippen molar-refractivity contribution in [1.29, 1.82) is 0 Å². The summed E-state index contributed by atoms with van der Waals surface area (Å²) in [6, 6.07) is 7.29. The normalized spacial score (nSPS) is 9.88. The molecule has 0 saturated heterocycles. The van der Waals surface area contributed by atoms with Crippen molar-refractivity contribution in [2.24, 2.45) is 0 Å². The van der Waals surface area contributed by atoms with E-state index in [0.717, 1.165) is 17.3 Å². The van der Waals surface area contributed by atoms with Crippen LogP contribution in [0.4, 0.5) is 4.79 Å². The van der Waals surface area contributed by atoms with Crippen molar-refractivity contribution in [2.45, 2.75) is 13.8 Å². The van der Waals surface area contributed by atoms with E-state index >= 15 is 0 Å². The van der Waals surface area contributed by atoms with Crippen LogP contribution in [-0.4, -0.2) is 23.4 Å². The van der Waals surface area contributed by atoms with Gasteiger partial charge in [0.2, 0.25) is 0 Å². The molecule has 0 amide bonds. The summed E-state index contributed by atoms with van der Waals surface area (Å²) in [7, 11) is 0. The minimum absolute atomic E-state index is 0.0574. The van der Waals surface area contributed by atoms with Gasteiger partial charge in [-0.2, -0.15) is 0 Å². The van der Waals surface area contributed by atoms with Gasteiger partial charge < -0.3 is 4.74 Å². The highest BCUT2D eigenvalue weighted by Crippen LogP contribution is 2.10. The lowest BCUT2D eigenvalue weighted by molar-refractivity contribution is 0.102. The van der Waals surface area contributed by atoms with Crippen LogP contribution < -0.4 is 0 Å². The third kappa shape index (κ3) is 4.06. The molecule has 3 nitrogen and oxygen atoms in total. The van der Waals surface area contributed by atoms with Crippen molar-refractivity contribution in [3.63, 3.8) is 0 Å². The van der Waals surface area contributed by atoms with Crippen LogP contribution in [0.1, 0.15) is 22.8 Å². The fourth-order valence-corrected chi connectivity index (χ4v) is 1.72. The van der Waals surface area contributed by atoms with Gasteiger partial charge in [0, 0.05) is 5.56 Å². The van der Waals surface area contributed by atoms with E-state index < -0.39 is 5.30 Å². The first-order chi connectivity index (χ1) is 7.63. The van der Waals surface area contributed by atoms with Gasteiger partial charge in [-0.25, -0.2) is 4.79 Å². The van der Waals surface area contributed by atoms with Gasteiger partial charge in [-0.15, -0.1) is 0 Å². The molecule has 0 aromatic heterocycles. The number of hydrogen-bond donors (Lipinski definition) is 0. The van der Waals surface area contributed by atoms with Gasteiger partial charge in [0.05, 0.1) is 12.4 Å². The molecule has 16 heavy (non-hydrogen) atoms. The van der Waals surface area contributed by atoms with Crippen molar-refractivity contribution in [3.05, 3.63) is 35.4 Å². The predicted octanol–water partition coefficient (Wildman–Crippen LogP) is 3.07. The van der Waals surface area contributed by atoms with E-state index in [0.29, 0.717) is 12.2 Å². The third-order valence-corrected chi connectivity index (χ3v) is 2.72. The largest absolute Gasteiger partial charge is 0.458 e. The molecule has 1 rings (SSSR count). The Balaban J connectivity index is 2.47. The van der Waals surface area contributed by atoms with E-state index in [4.69, 9.17) is 4.74 Å². The molecular weight excluding hydrogens is 224 g/mol. The van der Waals surface area contributed by atoms with Gasteiger partial charge in [-0.05, 0) is 25.6 Å². The minimum Gasteiger partial charge on any atom is -0.458 e. The molecule has 86 valence electrons. The molecule has 0 aliphatic heterocycles. The molecule has 0 N–H and O–H groups in total. The summed E-state index contributed by atoms with van der Waals surface area (Å²) in [5, 5.41) is -0.400. The van der Waals surface area contributed by atoms with E-state index in [1.807, 2.05) is 19.1 Å². The maximum absolute atomic E-state index is 11.6. The zero-order valence-electron chi connectivity index (χ0n) is 9.36. The predicted molar refractivity (Wildman–Crippen MR) is 65.0 cm³/mol. The topological polar surface area (TPSA) is 43.4 Å². The Bertz CT molecular complexity index is 370. The standard InChI is InChI=1S/C12H14O3S/c1-3-15-12(14)16-8-11(13)10-6-4-9(2)5-7-10/h4-7H,3,8H2,1-2H3. The highest BCUT2D eigenvalue weighted by atomic mass is 32.2. The summed E-state index contributed by atoms with van der Waals surface area (Å²) in [5.41, 5.74) is 1.73. The molecule has 0 aliphatic rings. The number of rotatable bonds is 4. The Morgan fingerprint density at radius 3 is 2.44 bits per heavy atom. The second-order valence-electron chi connectivity index (χ2n) is 3.26. The summed E-state index contributed by atoms with van der Waals surface area (Å²) < 4.78 is 4.72. The average Bonchev–Trinajstić information content (AvgIpc) is 2.27. The summed E-state index contributed by atoms with van der Waals surface area (Å²) in [6.45, 7) is 4.03. The molecule has 0 unspecified atom stereocenters.